The molecule has 2 aliphatic rings. The molecular weight excluding hydrogens is 432 g/mol. The summed E-state index contributed by atoms with van der Waals surface area (Å²) in [5.41, 5.74) is 4.14. The van der Waals surface area contributed by atoms with Crippen molar-refractivity contribution < 1.29 is 9.53 Å². The van der Waals surface area contributed by atoms with Crippen molar-refractivity contribution in [2.45, 2.75) is 44.1 Å². The number of cyclic esters (lactones) is 1. The largest absolute Gasteiger partial charge is 0.461 e. The highest BCUT2D eigenvalue weighted by molar-refractivity contribution is 5.89. The molecule has 0 unspecified atom stereocenters. The SMILES string of the molecule is CC(C)c1ccccc1N1CCN(CC[C@H]2CC(c3ccccc3)(c3ccccc3)C(=O)O2)CC1. The molecule has 2 heterocycles. The molecule has 4 heteroatoms. The Morgan fingerprint density at radius 2 is 1.40 bits per heavy atom. The molecule has 3 aromatic carbocycles. The molecule has 0 amide bonds. The van der Waals surface area contributed by atoms with Crippen LogP contribution in [0.5, 0.6) is 0 Å². The van der Waals surface area contributed by atoms with Crippen LogP contribution in [0.25, 0.3) is 0 Å². The molecule has 0 bridgehead atoms. The van der Waals surface area contributed by atoms with Crippen LogP contribution in [0.3, 0.4) is 0 Å². The van der Waals surface area contributed by atoms with Gasteiger partial charge in [0.2, 0.25) is 0 Å². The molecular formula is C31H36N2O2. The monoisotopic (exact) mass is 468 g/mol. The lowest BCUT2D eigenvalue weighted by molar-refractivity contribution is -0.144. The molecule has 0 N–H and O–H groups in total. The Kier molecular flexibility index (Phi) is 6.92. The number of benzene rings is 3. The molecule has 1 atom stereocenters. The van der Waals surface area contributed by atoms with Gasteiger partial charge in [-0.05, 0) is 35.1 Å². The predicted molar refractivity (Wildman–Crippen MR) is 142 cm³/mol. The molecule has 0 radical (unpaired) electrons. The maximum absolute atomic E-state index is 13.4. The van der Waals surface area contributed by atoms with Crippen LogP contribution in [0.2, 0.25) is 0 Å². The fraction of sp³-hybridized carbons (Fsp3) is 0.387. The maximum atomic E-state index is 13.4. The van der Waals surface area contributed by atoms with Gasteiger partial charge < -0.3 is 9.64 Å². The first-order chi connectivity index (χ1) is 17.1. The van der Waals surface area contributed by atoms with E-state index in [2.05, 4.69) is 72.2 Å². The van der Waals surface area contributed by atoms with Gasteiger partial charge >= 0.3 is 5.97 Å². The number of rotatable bonds is 7. The third-order valence-corrected chi connectivity index (χ3v) is 7.73. The predicted octanol–water partition coefficient (Wildman–Crippen LogP) is 5.62. The van der Waals surface area contributed by atoms with E-state index in [1.54, 1.807) is 0 Å². The van der Waals surface area contributed by atoms with Gasteiger partial charge in [-0.2, -0.15) is 0 Å². The Morgan fingerprint density at radius 1 is 0.829 bits per heavy atom. The minimum atomic E-state index is -0.716. The molecule has 35 heavy (non-hydrogen) atoms. The van der Waals surface area contributed by atoms with Crippen molar-refractivity contribution in [2.75, 3.05) is 37.6 Å². The zero-order valence-electron chi connectivity index (χ0n) is 20.9. The van der Waals surface area contributed by atoms with Gasteiger partial charge in [0.25, 0.3) is 0 Å². The average Bonchev–Trinajstić information content (AvgIpc) is 3.25. The Hall–Kier alpha value is -3.11. The van der Waals surface area contributed by atoms with Crippen molar-refractivity contribution in [2.24, 2.45) is 0 Å². The minimum absolute atomic E-state index is 0.0670. The highest BCUT2D eigenvalue weighted by atomic mass is 16.6. The van der Waals surface area contributed by atoms with Gasteiger partial charge in [-0.1, -0.05) is 92.7 Å². The van der Waals surface area contributed by atoms with Gasteiger partial charge in [-0.25, -0.2) is 0 Å². The summed E-state index contributed by atoms with van der Waals surface area (Å²) in [7, 11) is 0. The summed E-state index contributed by atoms with van der Waals surface area (Å²) >= 11 is 0. The number of nitrogens with zero attached hydrogens (tertiary/aromatic N) is 2. The number of para-hydroxylation sites is 1. The number of hydrogen-bond donors (Lipinski definition) is 0. The molecule has 2 saturated heterocycles. The number of esters is 1. The van der Waals surface area contributed by atoms with Crippen molar-refractivity contribution in [1.82, 2.24) is 4.90 Å². The fourth-order valence-corrected chi connectivity index (χ4v) is 5.77. The second-order valence-electron chi connectivity index (χ2n) is 10.2. The summed E-state index contributed by atoms with van der Waals surface area (Å²) in [5.74, 6) is 0.408. The smallest absolute Gasteiger partial charge is 0.321 e. The Morgan fingerprint density at radius 3 is 2.00 bits per heavy atom. The maximum Gasteiger partial charge on any atom is 0.321 e. The van der Waals surface area contributed by atoms with E-state index in [1.807, 2.05) is 36.4 Å². The lowest BCUT2D eigenvalue weighted by atomic mass is 9.72. The minimum Gasteiger partial charge on any atom is -0.461 e. The molecule has 4 nitrogen and oxygen atoms in total. The number of hydrogen-bond acceptors (Lipinski definition) is 4. The Bertz CT molecular complexity index is 1080. The highest BCUT2D eigenvalue weighted by Crippen LogP contribution is 2.44. The van der Waals surface area contributed by atoms with Gasteiger partial charge in [0.15, 0.2) is 0 Å². The first kappa shape index (κ1) is 23.6. The van der Waals surface area contributed by atoms with Crippen molar-refractivity contribution >= 4 is 11.7 Å². The second-order valence-corrected chi connectivity index (χ2v) is 10.2. The van der Waals surface area contributed by atoms with Gasteiger partial charge in [0.1, 0.15) is 11.5 Å². The molecule has 5 rings (SSSR count). The second kappa shape index (κ2) is 10.2. The molecule has 0 aliphatic carbocycles. The first-order valence-electron chi connectivity index (χ1n) is 13.0. The van der Waals surface area contributed by atoms with E-state index in [4.69, 9.17) is 4.74 Å². The first-order valence-corrected chi connectivity index (χ1v) is 13.0. The zero-order valence-corrected chi connectivity index (χ0v) is 20.9. The number of carbonyl (C=O) groups excluding carboxylic acids is 1. The molecule has 0 spiro atoms. The van der Waals surface area contributed by atoms with Gasteiger partial charge in [-0.3, -0.25) is 9.69 Å². The van der Waals surface area contributed by atoms with Crippen LogP contribution in [-0.2, 0) is 14.9 Å². The summed E-state index contributed by atoms with van der Waals surface area (Å²) < 4.78 is 6.03. The van der Waals surface area contributed by atoms with Crippen LogP contribution in [0.15, 0.2) is 84.9 Å². The van der Waals surface area contributed by atoms with E-state index in [1.165, 1.54) is 11.3 Å². The Labute approximate surface area is 209 Å². The average molecular weight is 469 g/mol. The van der Waals surface area contributed by atoms with Crippen LogP contribution >= 0.6 is 0 Å². The van der Waals surface area contributed by atoms with E-state index >= 15 is 0 Å². The number of carbonyl (C=O) groups is 1. The topological polar surface area (TPSA) is 32.8 Å². The van der Waals surface area contributed by atoms with Crippen LogP contribution in [-0.4, -0.2) is 49.7 Å². The molecule has 182 valence electrons. The third-order valence-electron chi connectivity index (χ3n) is 7.73. The lowest BCUT2D eigenvalue weighted by Crippen LogP contribution is -2.47. The van der Waals surface area contributed by atoms with Crippen molar-refractivity contribution in [1.29, 1.82) is 0 Å². The lowest BCUT2D eigenvalue weighted by Gasteiger charge is -2.37. The zero-order chi connectivity index (χ0) is 24.3. The Balaban J connectivity index is 1.23. The van der Waals surface area contributed by atoms with Crippen LogP contribution in [0, 0.1) is 0 Å². The molecule has 3 aromatic rings. The van der Waals surface area contributed by atoms with Gasteiger partial charge in [-0.15, -0.1) is 0 Å². The van der Waals surface area contributed by atoms with Crippen LogP contribution < -0.4 is 4.90 Å². The number of ether oxygens (including phenoxy) is 1. The molecule has 2 fully saturated rings. The highest BCUT2D eigenvalue weighted by Gasteiger charge is 2.51. The number of anilines is 1. The normalized spacial score (nSPS) is 20.3. The summed E-state index contributed by atoms with van der Waals surface area (Å²) in [6.07, 6.45) is 1.50. The summed E-state index contributed by atoms with van der Waals surface area (Å²) in [5, 5.41) is 0. The van der Waals surface area contributed by atoms with Crippen molar-refractivity contribution in [3.05, 3.63) is 102 Å². The van der Waals surface area contributed by atoms with Crippen LogP contribution in [0.4, 0.5) is 5.69 Å². The summed E-state index contributed by atoms with van der Waals surface area (Å²) in [6, 6.07) is 29.1. The van der Waals surface area contributed by atoms with E-state index < -0.39 is 5.41 Å². The number of piperazine rings is 1. The summed E-state index contributed by atoms with van der Waals surface area (Å²) in [4.78, 5) is 18.4. The van der Waals surface area contributed by atoms with Crippen molar-refractivity contribution in [3.8, 4) is 0 Å². The van der Waals surface area contributed by atoms with E-state index in [0.717, 1.165) is 50.3 Å². The van der Waals surface area contributed by atoms with Crippen molar-refractivity contribution in [3.63, 3.8) is 0 Å². The quantitative estimate of drug-likeness (QED) is 0.421. The van der Waals surface area contributed by atoms with E-state index in [-0.39, 0.29) is 12.1 Å². The standard InChI is InChI=1S/C31H36N2O2/c1-24(2)28-15-9-10-16-29(28)33-21-19-32(20-22-33)18-17-27-23-31(30(34)35-27,25-11-5-3-6-12-25)26-13-7-4-8-14-26/h3-16,24,27H,17-23H2,1-2H3/t27-/m0/s1. The van der Waals surface area contributed by atoms with E-state index in [0.29, 0.717) is 12.3 Å². The molecule has 0 aromatic heterocycles. The van der Waals surface area contributed by atoms with Gasteiger partial charge in [0, 0.05) is 44.8 Å². The van der Waals surface area contributed by atoms with E-state index in [9.17, 15) is 4.79 Å². The molecule has 2 aliphatic heterocycles. The van der Waals surface area contributed by atoms with Gasteiger partial charge in [0.05, 0.1) is 0 Å². The van der Waals surface area contributed by atoms with Crippen LogP contribution in [0.1, 0.15) is 49.3 Å². The molecule has 0 saturated carbocycles. The summed E-state index contributed by atoms with van der Waals surface area (Å²) in [6.45, 7) is 9.63. The fourth-order valence-electron chi connectivity index (χ4n) is 5.77. The third kappa shape index (κ3) is 4.72.